The van der Waals surface area contributed by atoms with E-state index in [1.807, 2.05) is 0 Å². The van der Waals surface area contributed by atoms with Gasteiger partial charge in [-0.05, 0) is 36.4 Å². The number of aryl methyl sites for hydroxylation is 1. The van der Waals surface area contributed by atoms with Gasteiger partial charge in [0.1, 0.15) is 5.75 Å². The van der Waals surface area contributed by atoms with Crippen molar-refractivity contribution >= 4 is 9.84 Å². The van der Waals surface area contributed by atoms with Gasteiger partial charge in [0.2, 0.25) is 0 Å². The monoisotopic (exact) mass is 422 g/mol. The van der Waals surface area contributed by atoms with E-state index in [0.29, 0.717) is 22.8 Å². The van der Waals surface area contributed by atoms with E-state index >= 15 is 0 Å². The van der Waals surface area contributed by atoms with Crippen LogP contribution in [0, 0.1) is 0 Å². The molecule has 0 atom stereocenters. The summed E-state index contributed by atoms with van der Waals surface area (Å²) in [5, 5.41) is 0. The third-order valence-corrected chi connectivity index (χ3v) is 5.91. The van der Waals surface area contributed by atoms with E-state index in [4.69, 9.17) is 4.74 Å². The number of rotatable bonds is 6. The number of hydrogen-bond acceptors (Lipinski definition) is 5. The summed E-state index contributed by atoms with van der Waals surface area (Å²) in [5.74, 6) is 0.197. The van der Waals surface area contributed by atoms with Crippen molar-refractivity contribution in [3.63, 3.8) is 0 Å². The van der Waals surface area contributed by atoms with Crippen molar-refractivity contribution in [2.24, 2.45) is 0 Å². The van der Waals surface area contributed by atoms with Crippen molar-refractivity contribution < 1.29 is 26.3 Å². The molecule has 0 saturated carbocycles. The first-order chi connectivity index (χ1) is 13.7. The second-order valence-electron chi connectivity index (χ2n) is 6.19. The van der Waals surface area contributed by atoms with Gasteiger partial charge in [0.15, 0.2) is 9.84 Å². The molecule has 0 aliphatic rings. The quantitative estimate of drug-likeness (QED) is 0.596. The summed E-state index contributed by atoms with van der Waals surface area (Å²) in [6.07, 6.45) is -2.83. The number of benzene rings is 1. The fourth-order valence-corrected chi connectivity index (χ4v) is 3.92. The molecule has 3 aromatic rings. The van der Waals surface area contributed by atoms with E-state index in [1.165, 1.54) is 7.11 Å². The number of alkyl halides is 3. The number of methoxy groups -OCH3 is 1. The number of aromatic nitrogens is 2. The van der Waals surface area contributed by atoms with Crippen LogP contribution in [-0.2, 0) is 22.4 Å². The Balaban J connectivity index is 1.81. The Morgan fingerprint density at radius 1 is 1.00 bits per heavy atom. The van der Waals surface area contributed by atoms with Crippen LogP contribution in [0.5, 0.6) is 5.75 Å². The maximum absolute atomic E-state index is 12.7. The van der Waals surface area contributed by atoms with Gasteiger partial charge in [-0.25, -0.2) is 8.42 Å². The molecule has 0 N–H and O–H groups in total. The molecule has 0 unspecified atom stereocenters. The summed E-state index contributed by atoms with van der Waals surface area (Å²) in [6, 6.07) is 12.1. The Morgan fingerprint density at radius 3 is 2.31 bits per heavy atom. The van der Waals surface area contributed by atoms with E-state index < -0.39 is 21.6 Å². The fraction of sp³-hybridized carbons (Fsp3) is 0.200. The highest BCUT2D eigenvalue weighted by molar-refractivity contribution is 7.91. The Bertz CT molecular complexity index is 1080. The van der Waals surface area contributed by atoms with Gasteiger partial charge in [0.05, 0.1) is 34.7 Å². The fourth-order valence-electron chi connectivity index (χ4n) is 2.66. The molecule has 9 heteroatoms. The summed E-state index contributed by atoms with van der Waals surface area (Å²) in [4.78, 5) is 8.49. The van der Waals surface area contributed by atoms with Crippen LogP contribution < -0.4 is 4.74 Å². The molecule has 1 aromatic carbocycles. The van der Waals surface area contributed by atoms with Crippen molar-refractivity contribution in [1.82, 2.24) is 9.97 Å². The molecule has 29 heavy (non-hydrogen) atoms. The van der Waals surface area contributed by atoms with Crippen LogP contribution in [0.1, 0.15) is 11.3 Å². The zero-order chi connectivity index (χ0) is 21.1. The van der Waals surface area contributed by atoms with Crippen LogP contribution in [0.15, 0.2) is 65.7 Å². The van der Waals surface area contributed by atoms with E-state index in [0.717, 1.165) is 24.3 Å². The van der Waals surface area contributed by atoms with Crippen molar-refractivity contribution in [2.45, 2.75) is 17.5 Å². The molecule has 0 aliphatic heterocycles. The lowest BCUT2D eigenvalue weighted by atomic mass is 10.2. The molecule has 3 rings (SSSR count). The van der Waals surface area contributed by atoms with Gasteiger partial charge >= 0.3 is 6.18 Å². The largest absolute Gasteiger partial charge is 0.497 e. The Kier molecular flexibility index (Phi) is 5.88. The molecule has 5 nitrogen and oxygen atoms in total. The summed E-state index contributed by atoms with van der Waals surface area (Å²) in [5.41, 5.74) is 0.719. The van der Waals surface area contributed by atoms with Gasteiger partial charge in [0.25, 0.3) is 0 Å². The summed E-state index contributed by atoms with van der Waals surface area (Å²) in [6.45, 7) is 0. The van der Waals surface area contributed by atoms with Gasteiger partial charge in [-0.1, -0.05) is 6.07 Å². The molecule has 0 saturated heterocycles. The Morgan fingerprint density at radius 2 is 1.72 bits per heavy atom. The smallest absolute Gasteiger partial charge is 0.416 e. The SMILES string of the molecule is COc1cc(CCS(=O)(=O)c2ccc(C(F)(F)F)cc2)nc(-c2ccccn2)c1. The summed E-state index contributed by atoms with van der Waals surface area (Å²) >= 11 is 0. The minimum atomic E-state index is -4.52. The zero-order valence-electron chi connectivity index (χ0n) is 15.3. The topological polar surface area (TPSA) is 69.2 Å². The van der Waals surface area contributed by atoms with E-state index in [2.05, 4.69) is 9.97 Å². The van der Waals surface area contributed by atoms with E-state index in [1.54, 1.807) is 36.5 Å². The molecule has 2 aromatic heterocycles. The van der Waals surface area contributed by atoms with Crippen LogP contribution >= 0.6 is 0 Å². The lowest BCUT2D eigenvalue weighted by Gasteiger charge is -2.10. The molecule has 152 valence electrons. The summed E-state index contributed by atoms with van der Waals surface area (Å²) in [7, 11) is -2.30. The molecular formula is C20H17F3N2O3S. The van der Waals surface area contributed by atoms with Crippen molar-refractivity contribution in [2.75, 3.05) is 12.9 Å². The molecule has 0 spiro atoms. The van der Waals surface area contributed by atoms with Gasteiger partial charge < -0.3 is 4.74 Å². The summed E-state index contributed by atoms with van der Waals surface area (Å²) < 4.78 is 68.3. The number of nitrogens with zero attached hydrogens (tertiary/aromatic N) is 2. The molecule has 0 amide bonds. The predicted octanol–water partition coefficient (Wildman–Crippen LogP) is 4.19. The number of sulfone groups is 1. The van der Waals surface area contributed by atoms with Crippen molar-refractivity contribution in [3.05, 3.63) is 72.1 Å². The normalized spacial score (nSPS) is 12.0. The van der Waals surface area contributed by atoms with E-state index in [9.17, 15) is 21.6 Å². The molecule has 0 fully saturated rings. The maximum atomic E-state index is 12.7. The van der Waals surface area contributed by atoms with Gasteiger partial charge in [-0.15, -0.1) is 0 Å². The standard InChI is InChI=1S/C20H17F3N2O3S/c1-28-16-12-15(25-19(13-16)18-4-2-3-10-24-18)9-11-29(26,27)17-7-5-14(6-8-17)20(21,22)23/h2-8,10,12-13H,9,11H2,1H3. The Labute approximate surface area is 166 Å². The third-order valence-electron chi connectivity index (χ3n) is 4.18. The molecule has 0 bridgehead atoms. The third kappa shape index (κ3) is 5.11. The van der Waals surface area contributed by atoms with Crippen molar-refractivity contribution in [1.29, 1.82) is 0 Å². The van der Waals surface area contributed by atoms with Gasteiger partial charge in [-0.2, -0.15) is 13.2 Å². The molecular weight excluding hydrogens is 405 g/mol. The Hall–Kier alpha value is -2.94. The van der Waals surface area contributed by atoms with Crippen LogP contribution in [-0.4, -0.2) is 31.2 Å². The molecule has 2 heterocycles. The van der Waals surface area contributed by atoms with Crippen LogP contribution in [0.3, 0.4) is 0 Å². The van der Waals surface area contributed by atoms with Gasteiger partial charge in [0, 0.05) is 30.4 Å². The molecule has 0 aliphatic carbocycles. The van der Waals surface area contributed by atoms with Crippen molar-refractivity contribution in [3.8, 4) is 17.1 Å². The number of hydrogen-bond donors (Lipinski definition) is 0. The average molecular weight is 422 g/mol. The minimum Gasteiger partial charge on any atom is -0.497 e. The highest BCUT2D eigenvalue weighted by Crippen LogP contribution is 2.30. The van der Waals surface area contributed by atoms with Gasteiger partial charge in [-0.3, -0.25) is 9.97 Å². The second kappa shape index (κ2) is 8.20. The first kappa shape index (κ1) is 20.8. The second-order valence-corrected chi connectivity index (χ2v) is 8.30. The predicted molar refractivity (Wildman–Crippen MR) is 101 cm³/mol. The zero-order valence-corrected chi connectivity index (χ0v) is 16.2. The minimum absolute atomic E-state index is 0.0698. The number of ether oxygens (including phenoxy) is 1. The number of halogens is 3. The van der Waals surface area contributed by atoms with Crippen LogP contribution in [0.4, 0.5) is 13.2 Å². The highest BCUT2D eigenvalue weighted by atomic mass is 32.2. The maximum Gasteiger partial charge on any atom is 0.416 e. The average Bonchev–Trinajstić information content (AvgIpc) is 2.72. The molecule has 0 radical (unpaired) electrons. The first-order valence-electron chi connectivity index (χ1n) is 8.55. The van der Waals surface area contributed by atoms with Crippen LogP contribution in [0.2, 0.25) is 0 Å². The van der Waals surface area contributed by atoms with E-state index in [-0.39, 0.29) is 17.1 Å². The lowest BCUT2D eigenvalue weighted by Crippen LogP contribution is -2.11. The highest BCUT2D eigenvalue weighted by Gasteiger charge is 2.30. The number of pyridine rings is 2. The van der Waals surface area contributed by atoms with Crippen LogP contribution in [0.25, 0.3) is 11.4 Å². The lowest BCUT2D eigenvalue weighted by molar-refractivity contribution is -0.137. The first-order valence-corrected chi connectivity index (χ1v) is 10.2.